The van der Waals surface area contributed by atoms with E-state index in [0.29, 0.717) is 0 Å². The molecule has 0 aliphatic carbocycles. The zero-order valence-electron chi connectivity index (χ0n) is 13.3. The van der Waals surface area contributed by atoms with Gasteiger partial charge in [-0.2, -0.15) is 8.78 Å². The number of rotatable bonds is 6. The first-order valence-corrected chi connectivity index (χ1v) is 8.84. The maximum Gasteiger partial charge on any atom is 0.387 e. The molecule has 0 unspecified atom stereocenters. The van der Waals surface area contributed by atoms with Crippen LogP contribution in [0.15, 0.2) is 47.4 Å². The van der Waals surface area contributed by atoms with Gasteiger partial charge in [0.15, 0.2) is 21.3 Å². The molecule has 6 nitrogen and oxygen atoms in total. The van der Waals surface area contributed by atoms with Gasteiger partial charge in [-0.05, 0) is 36.4 Å². The van der Waals surface area contributed by atoms with Crippen molar-refractivity contribution in [1.82, 2.24) is 0 Å². The van der Waals surface area contributed by atoms with Crippen molar-refractivity contribution < 1.29 is 31.5 Å². The van der Waals surface area contributed by atoms with E-state index in [4.69, 9.17) is 4.74 Å². The molecule has 0 fully saturated rings. The summed E-state index contributed by atoms with van der Waals surface area (Å²) in [6, 6.07) is 9.46. The highest BCUT2D eigenvalue weighted by atomic mass is 32.2. The lowest BCUT2D eigenvalue weighted by Crippen LogP contribution is -2.13. The Morgan fingerprint density at radius 2 is 1.84 bits per heavy atom. The Kier molecular flexibility index (Phi) is 5.58. The first kappa shape index (κ1) is 18.7. The van der Waals surface area contributed by atoms with Gasteiger partial charge in [0.05, 0.1) is 12.0 Å². The number of nitrogens with one attached hydrogen (secondary N) is 1. The molecule has 2 aromatic carbocycles. The number of benzene rings is 2. The van der Waals surface area contributed by atoms with Crippen LogP contribution in [0, 0.1) is 0 Å². The molecule has 2 aromatic rings. The molecule has 0 aromatic heterocycles. The van der Waals surface area contributed by atoms with Gasteiger partial charge in [0, 0.05) is 17.5 Å². The van der Waals surface area contributed by atoms with Crippen LogP contribution in [-0.2, 0) is 9.84 Å². The van der Waals surface area contributed by atoms with Crippen molar-refractivity contribution >= 4 is 21.4 Å². The number of anilines is 1. The molecule has 9 heteroatoms. The SMILES string of the molecule is COc1cc(C(=O)Nc2cccc(S(C)(=O)=O)c2)ccc1OC(F)F. The highest BCUT2D eigenvalue weighted by molar-refractivity contribution is 7.90. The molecule has 0 saturated heterocycles. The molecule has 2 rings (SSSR count). The summed E-state index contributed by atoms with van der Waals surface area (Å²) >= 11 is 0. The Balaban J connectivity index is 2.24. The van der Waals surface area contributed by atoms with Crippen molar-refractivity contribution in [3.63, 3.8) is 0 Å². The van der Waals surface area contributed by atoms with Gasteiger partial charge in [0.2, 0.25) is 0 Å². The zero-order chi connectivity index (χ0) is 18.6. The third-order valence-corrected chi connectivity index (χ3v) is 4.27. The molecule has 0 radical (unpaired) electrons. The molecule has 0 aliphatic heterocycles. The van der Waals surface area contributed by atoms with E-state index >= 15 is 0 Å². The predicted molar refractivity (Wildman–Crippen MR) is 87.1 cm³/mol. The largest absolute Gasteiger partial charge is 0.493 e. The van der Waals surface area contributed by atoms with Crippen molar-refractivity contribution in [1.29, 1.82) is 0 Å². The fourth-order valence-corrected chi connectivity index (χ4v) is 2.68. The molecule has 1 N–H and O–H groups in total. The maximum atomic E-state index is 12.3. The van der Waals surface area contributed by atoms with Crippen LogP contribution in [0.25, 0.3) is 0 Å². The quantitative estimate of drug-likeness (QED) is 0.844. The summed E-state index contributed by atoms with van der Waals surface area (Å²) in [7, 11) is -2.16. The van der Waals surface area contributed by atoms with Crippen LogP contribution in [0.1, 0.15) is 10.4 Å². The zero-order valence-corrected chi connectivity index (χ0v) is 14.1. The second-order valence-corrected chi connectivity index (χ2v) is 7.01. The van der Waals surface area contributed by atoms with Crippen molar-refractivity contribution in [2.75, 3.05) is 18.7 Å². The van der Waals surface area contributed by atoms with Gasteiger partial charge in [-0.1, -0.05) is 6.07 Å². The van der Waals surface area contributed by atoms with Gasteiger partial charge in [0.1, 0.15) is 0 Å². The lowest BCUT2D eigenvalue weighted by molar-refractivity contribution is -0.0512. The van der Waals surface area contributed by atoms with E-state index in [9.17, 15) is 22.0 Å². The summed E-state index contributed by atoms with van der Waals surface area (Å²) < 4.78 is 56.9. The standard InChI is InChI=1S/C16H15F2NO5S/c1-23-14-8-10(6-7-13(14)24-16(17)18)15(20)19-11-4-3-5-12(9-11)25(2,21)22/h3-9,16H,1-2H3,(H,19,20). The Morgan fingerprint density at radius 3 is 2.44 bits per heavy atom. The monoisotopic (exact) mass is 371 g/mol. The van der Waals surface area contributed by atoms with E-state index in [1.54, 1.807) is 0 Å². The molecule has 1 amide bonds. The van der Waals surface area contributed by atoms with Gasteiger partial charge < -0.3 is 14.8 Å². The van der Waals surface area contributed by atoms with Crippen LogP contribution in [0.2, 0.25) is 0 Å². The molecule has 25 heavy (non-hydrogen) atoms. The van der Waals surface area contributed by atoms with Gasteiger partial charge in [-0.3, -0.25) is 4.79 Å². The highest BCUT2D eigenvalue weighted by Gasteiger charge is 2.15. The fraction of sp³-hybridized carbons (Fsp3) is 0.188. The Bertz CT molecular complexity index is 884. The molecular weight excluding hydrogens is 356 g/mol. The van der Waals surface area contributed by atoms with Gasteiger partial charge in [-0.25, -0.2) is 8.42 Å². The number of carbonyl (C=O) groups is 1. The second kappa shape index (κ2) is 7.47. The van der Waals surface area contributed by atoms with E-state index in [-0.39, 0.29) is 27.6 Å². The maximum absolute atomic E-state index is 12.3. The van der Waals surface area contributed by atoms with Crippen LogP contribution in [0.5, 0.6) is 11.5 Å². The molecule has 0 heterocycles. The first-order chi connectivity index (χ1) is 11.7. The second-order valence-electron chi connectivity index (χ2n) is 5.00. The van der Waals surface area contributed by atoms with Crippen molar-refractivity contribution in [2.24, 2.45) is 0 Å². The molecule has 0 saturated carbocycles. The molecule has 134 valence electrons. The molecular formula is C16H15F2NO5S. The third-order valence-electron chi connectivity index (χ3n) is 3.16. The smallest absolute Gasteiger partial charge is 0.387 e. The van der Waals surface area contributed by atoms with E-state index < -0.39 is 22.4 Å². The van der Waals surface area contributed by atoms with Crippen LogP contribution < -0.4 is 14.8 Å². The van der Waals surface area contributed by atoms with Crippen LogP contribution >= 0.6 is 0 Å². The summed E-state index contributed by atoms with van der Waals surface area (Å²) in [5.74, 6) is -0.793. The molecule has 0 atom stereocenters. The number of amides is 1. The number of sulfone groups is 1. The van der Waals surface area contributed by atoms with Crippen molar-refractivity contribution in [2.45, 2.75) is 11.5 Å². The van der Waals surface area contributed by atoms with Gasteiger partial charge >= 0.3 is 6.61 Å². The van der Waals surface area contributed by atoms with Crippen molar-refractivity contribution in [3.05, 3.63) is 48.0 Å². The topological polar surface area (TPSA) is 81.7 Å². The van der Waals surface area contributed by atoms with Crippen LogP contribution in [0.4, 0.5) is 14.5 Å². The lowest BCUT2D eigenvalue weighted by Gasteiger charge is -2.12. The molecule has 0 aliphatic rings. The Hall–Kier alpha value is -2.68. The number of hydrogen-bond donors (Lipinski definition) is 1. The minimum Gasteiger partial charge on any atom is -0.493 e. The molecule has 0 bridgehead atoms. The number of methoxy groups -OCH3 is 1. The minimum atomic E-state index is -3.41. The van der Waals surface area contributed by atoms with Crippen molar-refractivity contribution in [3.8, 4) is 11.5 Å². The first-order valence-electron chi connectivity index (χ1n) is 6.95. The van der Waals surface area contributed by atoms with E-state index in [2.05, 4.69) is 10.1 Å². The summed E-state index contributed by atoms with van der Waals surface area (Å²) in [5.41, 5.74) is 0.406. The Morgan fingerprint density at radius 1 is 1.12 bits per heavy atom. The van der Waals surface area contributed by atoms with E-state index in [1.165, 1.54) is 49.6 Å². The summed E-state index contributed by atoms with van der Waals surface area (Å²) in [4.78, 5) is 12.3. The predicted octanol–water partition coefficient (Wildman–Crippen LogP) is 2.95. The van der Waals surface area contributed by atoms with Crippen LogP contribution in [-0.4, -0.2) is 34.3 Å². The Labute approximate surface area is 143 Å². The third kappa shape index (κ3) is 4.90. The number of ether oxygens (including phenoxy) is 2. The summed E-state index contributed by atoms with van der Waals surface area (Å²) in [6.07, 6.45) is 1.06. The summed E-state index contributed by atoms with van der Waals surface area (Å²) in [5, 5.41) is 2.53. The normalized spacial score (nSPS) is 11.2. The van der Waals surface area contributed by atoms with Gasteiger partial charge in [-0.15, -0.1) is 0 Å². The minimum absolute atomic E-state index is 0.0298. The molecule has 0 spiro atoms. The highest BCUT2D eigenvalue weighted by Crippen LogP contribution is 2.29. The van der Waals surface area contributed by atoms with E-state index in [0.717, 1.165) is 6.26 Å². The fourth-order valence-electron chi connectivity index (χ4n) is 2.01. The average molecular weight is 371 g/mol. The number of hydrogen-bond acceptors (Lipinski definition) is 5. The number of alkyl halides is 2. The number of carbonyl (C=O) groups excluding carboxylic acids is 1. The lowest BCUT2D eigenvalue weighted by atomic mass is 10.2. The van der Waals surface area contributed by atoms with Gasteiger partial charge in [0.25, 0.3) is 5.91 Å². The van der Waals surface area contributed by atoms with E-state index in [1.807, 2.05) is 0 Å². The number of halogens is 2. The summed E-state index contributed by atoms with van der Waals surface area (Å²) in [6.45, 7) is -3.02. The van der Waals surface area contributed by atoms with Crippen LogP contribution in [0.3, 0.4) is 0 Å². The average Bonchev–Trinajstić information content (AvgIpc) is 2.54.